The first kappa shape index (κ1) is 14.3. The van der Waals surface area contributed by atoms with Gasteiger partial charge in [-0.25, -0.2) is 0 Å². The minimum atomic E-state index is 0.0509. The van der Waals surface area contributed by atoms with Crippen molar-refractivity contribution in [3.63, 3.8) is 0 Å². The van der Waals surface area contributed by atoms with Crippen molar-refractivity contribution in [2.24, 2.45) is 5.92 Å². The van der Waals surface area contributed by atoms with E-state index in [1.54, 1.807) is 0 Å². The van der Waals surface area contributed by atoms with E-state index >= 15 is 0 Å². The summed E-state index contributed by atoms with van der Waals surface area (Å²) in [5, 5.41) is 1.55. The second-order valence-corrected chi connectivity index (χ2v) is 6.65. The average molecular weight is 326 g/mol. The average Bonchev–Trinajstić information content (AvgIpc) is 2.46. The van der Waals surface area contributed by atoms with Crippen LogP contribution in [0, 0.1) is 5.92 Å². The van der Waals surface area contributed by atoms with E-state index in [9.17, 15) is 0 Å². The summed E-state index contributed by atoms with van der Waals surface area (Å²) in [4.78, 5) is 0. The van der Waals surface area contributed by atoms with Gasteiger partial charge in [-0.2, -0.15) is 0 Å². The Hall–Kier alpha value is -0.690. The van der Waals surface area contributed by atoms with Crippen LogP contribution >= 0.6 is 34.8 Å². The summed E-state index contributed by atoms with van der Waals surface area (Å²) in [6.45, 7) is 0. The zero-order valence-corrected chi connectivity index (χ0v) is 13.2. The summed E-state index contributed by atoms with van der Waals surface area (Å²) >= 11 is 19.0. The molecule has 0 aromatic heterocycles. The first-order valence-corrected chi connectivity index (χ1v) is 8.00. The lowest BCUT2D eigenvalue weighted by Gasteiger charge is -2.30. The fourth-order valence-corrected chi connectivity index (χ4v) is 3.78. The quantitative estimate of drug-likeness (QED) is 0.587. The third-order valence-electron chi connectivity index (χ3n) is 4.04. The molecule has 0 heterocycles. The van der Waals surface area contributed by atoms with Gasteiger partial charge in [0, 0.05) is 10.0 Å². The summed E-state index contributed by atoms with van der Waals surface area (Å²) < 4.78 is 0. The Morgan fingerprint density at radius 3 is 2.70 bits per heavy atom. The lowest BCUT2D eigenvalue weighted by Crippen LogP contribution is -2.19. The van der Waals surface area contributed by atoms with Crippen molar-refractivity contribution in [3.8, 4) is 0 Å². The molecule has 0 saturated carbocycles. The molecule has 1 aliphatic rings. The van der Waals surface area contributed by atoms with Crippen LogP contribution in [0.2, 0.25) is 10.0 Å². The molecule has 0 saturated heterocycles. The molecular formula is C17H15Cl3. The smallest absolute Gasteiger partial charge is 0.0619 e. The molecule has 0 bridgehead atoms. The zero-order valence-electron chi connectivity index (χ0n) is 11.0. The summed E-state index contributed by atoms with van der Waals surface area (Å²) in [5.41, 5.74) is 3.73. The van der Waals surface area contributed by atoms with E-state index in [0.29, 0.717) is 5.92 Å². The molecule has 3 heteroatoms. The Balaban J connectivity index is 1.84. The largest absolute Gasteiger partial charge is 0.117 e. The van der Waals surface area contributed by atoms with E-state index in [2.05, 4.69) is 24.3 Å². The van der Waals surface area contributed by atoms with Crippen molar-refractivity contribution >= 4 is 34.8 Å². The minimum Gasteiger partial charge on any atom is -0.117 e. The third kappa shape index (κ3) is 2.83. The normalized spacial score (nSPS) is 21.6. The highest BCUT2D eigenvalue weighted by Crippen LogP contribution is 2.41. The Morgan fingerprint density at radius 2 is 1.85 bits per heavy atom. The number of alkyl halides is 1. The highest BCUT2D eigenvalue weighted by molar-refractivity contribution is 6.33. The van der Waals surface area contributed by atoms with Crippen LogP contribution < -0.4 is 0 Å². The Kier molecular flexibility index (Phi) is 4.26. The van der Waals surface area contributed by atoms with Gasteiger partial charge in [0.2, 0.25) is 0 Å². The van der Waals surface area contributed by atoms with Gasteiger partial charge in [-0.3, -0.25) is 0 Å². The molecule has 0 radical (unpaired) electrons. The Morgan fingerprint density at radius 1 is 1.05 bits per heavy atom. The van der Waals surface area contributed by atoms with Crippen LogP contribution in [0.1, 0.15) is 28.5 Å². The van der Waals surface area contributed by atoms with Crippen molar-refractivity contribution in [2.75, 3.05) is 0 Å². The van der Waals surface area contributed by atoms with Gasteiger partial charge < -0.3 is 0 Å². The monoisotopic (exact) mass is 324 g/mol. The van der Waals surface area contributed by atoms with Gasteiger partial charge in [-0.05, 0) is 60.1 Å². The maximum Gasteiger partial charge on any atom is 0.0619 e. The van der Waals surface area contributed by atoms with E-state index in [-0.39, 0.29) is 5.38 Å². The van der Waals surface area contributed by atoms with Gasteiger partial charge in [0.05, 0.1) is 5.38 Å². The molecule has 1 aliphatic carbocycles. The SMILES string of the molecule is Clc1ccc(Cl)c(CC2CCc3ccccc3C2Cl)c1. The lowest BCUT2D eigenvalue weighted by atomic mass is 9.80. The van der Waals surface area contributed by atoms with Gasteiger partial charge >= 0.3 is 0 Å². The number of halogens is 3. The van der Waals surface area contributed by atoms with Crippen LogP contribution in [-0.4, -0.2) is 0 Å². The predicted molar refractivity (Wildman–Crippen MR) is 87.0 cm³/mol. The van der Waals surface area contributed by atoms with Crippen molar-refractivity contribution < 1.29 is 0 Å². The summed E-state index contributed by atoms with van der Waals surface area (Å²) in [7, 11) is 0. The lowest BCUT2D eigenvalue weighted by molar-refractivity contribution is 0.442. The maximum absolute atomic E-state index is 6.68. The van der Waals surface area contributed by atoms with Crippen LogP contribution in [-0.2, 0) is 12.8 Å². The zero-order chi connectivity index (χ0) is 14.1. The first-order chi connectivity index (χ1) is 9.65. The van der Waals surface area contributed by atoms with E-state index in [0.717, 1.165) is 34.9 Å². The summed E-state index contributed by atoms with van der Waals surface area (Å²) in [6.07, 6.45) is 3.05. The number of fused-ring (bicyclic) bond motifs is 1. The molecule has 0 aliphatic heterocycles. The molecule has 0 nitrogen and oxygen atoms in total. The standard InChI is InChI=1S/C17H15Cl3/c18-14-7-8-16(19)13(10-14)9-12-6-5-11-3-1-2-4-15(11)17(12)20/h1-4,7-8,10,12,17H,5-6,9H2. The Bertz CT molecular complexity index is 621. The van der Waals surface area contributed by atoms with Crippen molar-refractivity contribution in [1.29, 1.82) is 0 Å². The molecule has 104 valence electrons. The van der Waals surface area contributed by atoms with E-state index < -0.39 is 0 Å². The van der Waals surface area contributed by atoms with Gasteiger partial charge in [-0.15, -0.1) is 11.6 Å². The van der Waals surface area contributed by atoms with E-state index in [4.69, 9.17) is 34.8 Å². The summed E-state index contributed by atoms with van der Waals surface area (Å²) in [5.74, 6) is 0.405. The summed E-state index contributed by atoms with van der Waals surface area (Å²) in [6, 6.07) is 14.1. The van der Waals surface area contributed by atoms with Gasteiger partial charge in [0.1, 0.15) is 0 Å². The second-order valence-electron chi connectivity index (χ2n) is 5.34. The fourth-order valence-electron chi connectivity index (χ4n) is 2.96. The highest BCUT2D eigenvalue weighted by atomic mass is 35.5. The number of hydrogen-bond donors (Lipinski definition) is 0. The van der Waals surface area contributed by atoms with E-state index in [1.807, 2.05) is 18.2 Å². The van der Waals surface area contributed by atoms with Gasteiger partial charge in [0.15, 0.2) is 0 Å². The molecule has 20 heavy (non-hydrogen) atoms. The number of rotatable bonds is 2. The van der Waals surface area contributed by atoms with Crippen LogP contribution in [0.15, 0.2) is 42.5 Å². The Labute approximate surface area is 134 Å². The molecular weight excluding hydrogens is 311 g/mol. The minimum absolute atomic E-state index is 0.0509. The molecule has 3 rings (SSSR count). The second kappa shape index (κ2) is 5.97. The number of hydrogen-bond acceptors (Lipinski definition) is 0. The molecule has 0 N–H and O–H groups in total. The van der Waals surface area contributed by atoms with Crippen molar-refractivity contribution in [2.45, 2.75) is 24.6 Å². The highest BCUT2D eigenvalue weighted by Gasteiger charge is 2.28. The van der Waals surface area contributed by atoms with Crippen LogP contribution in [0.3, 0.4) is 0 Å². The fraction of sp³-hybridized carbons (Fsp3) is 0.294. The molecule has 2 aromatic carbocycles. The molecule has 0 fully saturated rings. The molecule has 2 atom stereocenters. The maximum atomic E-state index is 6.68. The topological polar surface area (TPSA) is 0 Å². The van der Waals surface area contributed by atoms with Crippen LogP contribution in [0.5, 0.6) is 0 Å². The third-order valence-corrected chi connectivity index (χ3v) is 5.24. The first-order valence-electron chi connectivity index (χ1n) is 6.81. The van der Waals surface area contributed by atoms with E-state index in [1.165, 1.54) is 11.1 Å². The van der Waals surface area contributed by atoms with Crippen molar-refractivity contribution in [3.05, 3.63) is 69.2 Å². The molecule has 2 unspecified atom stereocenters. The number of benzene rings is 2. The molecule has 2 aromatic rings. The van der Waals surface area contributed by atoms with Gasteiger partial charge in [-0.1, -0.05) is 47.5 Å². The molecule has 0 amide bonds. The van der Waals surface area contributed by atoms with Gasteiger partial charge in [0.25, 0.3) is 0 Å². The van der Waals surface area contributed by atoms with Crippen LogP contribution in [0.25, 0.3) is 0 Å². The van der Waals surface area contributed by atoms with Crippen LogP contribution in [0.4, 0.5) is 0 Å². The molecule has 0 spiro atoms. The predicted octanol–water partition coefficient (Wildman–Crippen LogP) is 6.08. The van der Waals surface area contributed by atoms with Crippen molar-refractivity contribution in [1.82, 2.24) is 0 Å². The number of aryl methyl sites for hydroxylation is 1.